The van der Waals surface area contributed by atoms with Crippen LogP contribution in [0, 0.1) is 23.2 Å². The fraction of sp³-hybridized carbons (Fsp3) is 0.833. The van der Waals surface area contributed by atoms with Crippen LogP contribution in [0.15, 0.2) is 0 Å². The number of alkyl halides is 1. The number of amides is 3. The van der Waals surface area contributed by atoms with E-state index in [0.717, 1.165) is 25.9 Å². The second-order valence-corrected chi connectivity index (χ2v) is 8.45. The Balaban J connectivity index is 1.51. The maximum absolute atomic E-state index is 13.5. The third kappa shape index (κ3) is 3.63. The van der Waals surface area contributed by atoms with E-state index < -0.39 is 12.2 Å². The van der Waals surface area contributed by atoms with Crippen molar-refractivity contribution in [3.8, 4) is 6.07 Å². The molecule has 5 atom stereocenters. The molecular weight excluding hydrogens is 337 g/mol. The zero-order chi connectivity index (χ0) is 19.1. The number of urea groups is 1. The van der Waals surface area contributed by atoms with Gasteiger partial charge in [0, 0.05) is 39.1 Å². The number of carbonyl (C=O) groups is 2. The minimum absolute atomic E-state index is 0.0162. The molecule has 3 rings (SSSR count). The summed E-state index contributed by atoms with van der Waals surface area (Å²) >= 11 is 0. The number of nitrogens with zero attached hydrogens (tertiary/aromatic N) is 4. The first-order valence-corrected chi connectivity index (χ1v) is 9.27. The summed E-state index contributed by atoms with van der Waals surface area (Å²) in [7, 11) is 3.53. The number of rotatable bonds is 3. The quantitative estimate of drug-likeness (QED) is 0.803. The van der Waals surface area contributed by atoms with Crippen molar-refractivity contribution in [3.05, 3.63) is 0 Å². The Morgan fingerprint density at radius 3 is 2.42 bits per heavy atom. The topological polar surface area (TPSA) is 79.7 Å². The van der Waals surface area contributed by atoms with Crippen molar-refractivity contribution in [1.82, 2.24) is 20.0 Å². The Labute approximate surface area is 154 Å². The van der Waals surface area contributed by atoms with E-state index in [1.165, 1.54) is 4.90 Å². The normalized spacial score (nSPS) is 36.1. The van der Waals surface area contributed by atoms with Gasteiger partial charge in [-0.05, 0) is 31.6 Å². The van der Waals surface area contributed by atoms with E-state index in [2.05, 4.69) is 12.2 Å². The first-order chi connectivity index (χ1) is 12.2. The molecule has 2 heterocycles. The molecule has 144 valence electrons. The highest BCUT2D eigenvalue weighted by molar-refractivity contribution is 5.79. The zero-order valence-corrected chi connectivity index (χ0v) is 15.7. The number of halogens is 1. The zero-order valence-electron chi connectivity index (χ0n) is 15.7. The number of hydrogen-bond acceptors (Lipinski definition) is 4. The molecule has 0 bridgehead atoms. The smallest absolute Gasteiger partial charge is 0.319 e. The lowest BCUT2D eigenvalue weighted by molar-refractivity contribution is -0.130. The van der Waals surface area contributed by atoms with Crippen LogP contribution in [0.3, 0.4) is 0 Å². The molecule has 8 heteroatoms. The van der Waals surface area contributed by atoms with E-state index in [1.807, 2.05) is 11.0 Å². The van der Waals surface area contributed by atoms with Crippen LogP contribution in [-0.4, -0.2) is 84.7 Å². The molecule has 1 aliphatic carbocycles. The summed E-state index contributed by atoms with van der Waals surface area (Å²) in [6, 6.07) is 1.42. The first kappa shape index (κ1) is 18.9. The molecule has 2 saturated heterocycles. The molecule has 0 radical (unpaired) electrons. The SMILES string of the molecule is CN(C)C(=O)N1C[C@@H]2C[C@](C)(NCC(=O)N3C[C@@H](F)C[C@H]3C#N)C[C@@H]2C1. The van der Waals surface area contributed by atoms with Gasteiger partial charge in [-0.1, -0.05) is 0 Å². The summed E-state index contributed by atoms with van der Waals surface area (Å²) in [5.74, 6) is 0.681. The molecule has 0 aromatic rings. The van der Waals surface area contributed by atoms with Crippen LogP contribution in [0.1, 0.15) is 26.2 Å². The minimum atomic E-state index is -1.11. The maximum Gasteiger partial charge on any atom is 0.319 e. The van der Waals surface area contributed by atoms with E-state index in [4.69, 9.17) is 5.26 Å². The summed E-state index contributed by atoms with van der Waals surface area (Å²) < 4.78 is 13.5. The van der Waals surface area contributed by atoms with Crippen LogP contribution in [0.2, 0.25) is 0 Å². The fourth-order valence-corrected chi connectivity index (χ4v) is 4.80. The predicted octanol–water partition coefficient (Wildman–Crippen LogP) is 0.821. The highest BCUT2D eigenvalue weighted by Gasteiger charge is 2.48. The van der Waals surface area contributed by atoms with E-state index >= 15 is 0 Å². The van der Waals surface area contributed by atoms with Crippen molar-refractivity contribution in [2.75, 3.05) is 40.3 Å². The number of fused-ring (bicyclic) bond motifs is 1. The van der Waals surface area contributed by atoms with Crippen molar-refractivity contribution < 1.29 is 14.0 Å². The molecule has 1 saturated carbocycles. The number of hydrogen-bond donors (Lipinski definition) is 1. The van der Waals surface area contributed by atoms with Crippen molar-refractivity contribution in [3.63, 3.8) is 0 Å². The van der Waals surface area contributed by atoms with Crippen molar-refractivity contribution >= 4 is 11.9 Å². The number of likely N-dealkylation sites (tertiary alicyclic amines) is 2. The monoisotopic (exact) mass is 365 g/mol. The Hall–Kier alpha value is -1.88. The van der Waals surface area contributed by atoms with Crippen molar-refractivity contribution in [2.24, 2.45) is 11.8 Å². The summed E-state index contributed by atoms with van der Waals surface area (Å²) in [5, 5.41) is 12.4. The third-order valence-corrected chi connectivity index (χ3v) is 6.04. The van der Waals surface area contributed by atoms with Gasteiger partial charge in [-0.3, -0.25) is 4.79 Å². The van der Waals surface area contributed by atoms with Crippen molar-refractivity contribution in [2.45, 2.75) is 43.9 Å². The van der Waals surface area contributed by atoms with Crippen LogP contribution >= 0.6 is 0 Å². The van der Waals surface area contributed by atoms with Crippen molar-refractivity contribution in [1.29, 1.82) is 5.26 Å². The van der Waals surface area contributed by atoms with Gasteiger partial charge in [0.2, 0.25) is 5.91 Å². The highest BCUT2D eigenvalue weighted by Crippen LogP contribution is 2.43. The lowest BCUT2D eigenvalue weighted by Gasteiger charge is -2.30. The van der Waals surface area contributed by atoms with Gasteiger partial charge in [-0.2, -0.15) is 5.26 Å². The number of nitriles is 1. The molecule has 1 N–H and O–H groups in total. The molecule has 0 aromatic carbocycles. The lowest BCUT2D eigenvalue weighted by atomic mass is 9.98. The molecule has 2 aliphatic heterocycles. The summed E-state index contributed by atoms with van der Waals surface area (Å²) in [5.41, 5.74) is -0.158. The molecule has 0 aromatic heterocycles. The molecule has 3 fully saturated rings. The maximum atomic E-state index is 13.5. The predicted molar refractivity (Wildman–Crippen MR) is 93.9 cm³/mol. The third-order valence-electron chi connectivity index (χ3n) is 6.04. The number of carbonyl (C=O) groups excluding carboxylic acids is 2. The average molecular weight is 365 g/mol. The van der Waals surface area contributed by atoms with E-state index in [0.29, 0.717) is 11.8 Å². The van der Waals surface area contributed by atoms with E-state index in [-0.39, 0.29) is 37.0 Å². The van der Waals surface area contributed by atoms with Gasteiger partial charge in [0.1, 0.15) is 12.2 Å². The van der Waals surface area contributed by atoms with Gasteiger partial charge in [0.25, 0.3) is 0 Å². The largest absolute Gasteiger partial charge is 0.331 e. The van der Waals surface area contributed by atoms with Gasteiger partial charge in [-0.15, -0.1) is 0 Å². The molecule has 3 aliphatic rings. The van der Waals surface area contributed by atoms with Crippen LogP contribution in [0.4, 0.5) is 9.18 Å². The summed E-state index contributed by atoms with van der Waals surface area (Å²) in [6.45, 7) is 3.78. The molecule has 7 nitrogen and oxygen atoms in total. The Kier molecular flexibility index (Phi) is 5.11. The van der Waals surface area contributed by atoms with Crippen LogP contribution in [0.25, 0.3) is 0 Å². The second-order valence-electron chi connectivity index (χ2n) is 8.45. The number of nitrogens with one attached hydrogen (secondary N) is 1. The fourth-order valence-electron chi connectivity index (χ4n) is 4.80. The molecule has 0 unspecified atom stereocenters. The molecule has 3 amide bonds. The Bertz CT molecular complexity index is 605. The standard InChI is InChI=1S/C18H28FN5O2/c1-18(21-8-16(25)24-11-14(19)4-15(24)7-20)5-12-9-23(10-13(12)6-18)17(26)22(2)3/h12-15,21H,4-6,8-11H2,1-3H3/t12-,13+,14-,15-,18-/m0/s1. The van der Waals surface area contributed by atoms with E-state index in [9.17, 15) is 14.0 Å². The van der Waals surface area contributed by atoms with E-state index in [1.54, 1.807) is 19.0 Å². The molecule has 0 spiro atoms. The highest BCUT2D eigenvalue weighted by atomic mass is 19.1. The lowest BCUT2D eigenvalue weighted by Crippen LogP contribution is -2.49. The minimum Gasteiger partial charge on any atom is -0.331 e. The Morgan fingerprint density at radius 2 is 1.88 bits per heavy atom. The van der Waals surface area contributed by atoms with Crippen LogP contribution in [-0.2, 0) is 4.79 Å². The average Bonchev–Trinajstić information content (AvgIpc) is 3.22. The Morgan fingerprint density at radius 1 is 1.27 bits per heavy atom. The second kappa shape index (κ2) is 7.03. The van der Waals surface area contributed by atoms with Crippen LogP contribution < -0.4 is 5.32 Å². The molecular formula is C18H28FN5O2. The van der Waals surface area contributed by atoms with Gasteiger partial charge < -0.3 is 20.0 Å². The van der Waals surface area contributed by atoms with Crippen LogP contribution in [0.5, 0.6) is 0 Å². The van der Waals surface area contributed by atoms with Gasteiger partial charge >= 0.3 is 6.03 Å². The van der Waals surface area contributed by atoms with Gasteiger partial charge in [0.15, 0.2) is 0 Å². The van der Waals surface area contributed by atoms with Gasteiger partial charge in [-0.25, -0.2) is 9.18 Å². The molecule has 26 heavy (non-hydrogen) atoms. The first-order valence-electron chi connectivity index (χ1n) is 9.27. The van der Waals surface area contributed by atoms with Gasteiger partial charge in [0.05, 0.1) is 19.2 Å². The summed E-state index contributed by atoms with van der Waals surface area (Å²) in [4.78, 5) is 29.4. The summed E-state index contributed by atoms with van der Waals surface area (Å²) in [6.07, 6.45) is 0.829.